The Balaban J connectivity index is 1.65. The predicted molar refractivity (Wildman–Crippen MR) is 69.0 cm³/mol. The van der Waals surface area contributed by atoms with Gasteiger partial charge in [-0.1, -0.05) is 18.2 Å². The summed E-state index contributed by atoms with van der Waals surface area (Å²) in [5.74, 6) is 1.11. The zero-order valence-corrected chi connectivity index (χ0v) is 10.6. The standard InChI is InChI=1S/C13H19NOS/c1-13(7-9-15-11-13)14-8-10-16-12-5-3-2-4-6-12/h2-6,14H,7-11H2,1H3. The molecule has 1 heterocycles. The van der Waals surface area contributed by atoms with Crippen LogP contribution in [-0.4, -0.2) is 31.1 Å². The van der Waals surface area contributed by atoms with Crippen molar-refractivity contribution in [2.45, 2.75) is 23.8 Å². The molecule has 1 saturated heterocycles. The molecule has 3 heteroatoms. The van der Waals surface area contributed by atoms with Crippen molar-refractivity contribution in [3.05, 3.63) is 30.3 Å². The van der Waals surface area contributed by atoms with Crippen LogP contribution in [0.4, 0.5) is 0 Å². The minimum absolute atomic E-state index is 0.206. The summed E-state index contributed by atoms with van der Waals surface area (Å²) in [4.78, 5) is 1.34. The summed E-state index contributed by atoms with van der Waals surface area (Å²) >= 11 is 1.90. The van der Waals surface area contributed by atoms with Crippen molar-refractivity contribution in [3.63, 3.8) is 0 Å². The molecule has 0 aromatic heterocycles. The molecule has 0 radical (unpaired) electrons. The van der Waals surface area contributed by atoms with Gasteiger partial charge in [-0.25, -0.2) is 0 Å². The lowest BCUT2D eigenvalue weighted by atomic mass is 10.0. The van der Waals surface area contributed by atoms with E-state index in [0.29, 0.717) is 0 Å². The van der Waals surface area contributed by atoms with E-state index in [1.165, 1.54) is 4.90 Å². The first-order chi connectivity index (χ1) is 7.79. The molecular formula is C13H19NOS. The highest BCUT2D eigenvalue weighted by Crippen LogP contribution is 2.19. The van der Waals surface area contributed by atoms with Crippen molar-refractivity contribution >= 4 is 11.8 Å². The normalized spacial score (nSPS) is 24.8. The fourth-order valence-corrected chi connectivity index (χ4v) is 2.63. The quantitative estimate of drug-likeness (QED) is 0.628. The lowest BCUT2D eigenvalue weighted by molar-refractivity contribution is 0.172. The molecule has 1 atom stereocenters. The highest BCUT2D eigenvalue weighted by Gasteiger charge is 2.28. The van der Waals surface area contributed by atoms with Gasteiger partial charge in [-0.05, 0) is 25.5 Å². The molecule has 0 saturated carbocycles. The molecule has 1 aliphatic heterocycles. The van der Waals surface area contributed by atoms with Gasteiger partial charge >= 0.3 is 0 Å². The molecule has 1 fully saturated rings. The fourth-order valence-electron chi connectivity index (χ4n) is 1.84. The van der Waals surface area contributed by atoms with Crippen LogP contribution < -0.4 is 5.32 Å². The van der Waals surface area contributed by atoms with Crippen molar-refractivity contribution in [3.8, 4) is 0 Å². The number of ether oxygens (including phenoxy) is 1. The van der Waals surface area contributed by atoms with Crippen LogP contribution in [0.15, 0.2) is 35.2 Å². The Bertz CT molecular complexity index is 309. The van der Waals surface area contributed by atoms with E-state index < -0.39 is 0 Å². The van der Waals surface area contributed by atoms with Crippen LogP contribution in [-0.2, 0) is 4.74 Å². The van der Waals surface area contributed by atoms with E-state index in [1.54, 1.807) is 0 Å². The third-order valence-electron chi connectivity index (χ3n) is 2.88. The van der Waals surface area contributed by atoms with Crippen LogP contribution in [0.1, 0.15) is 13.3 Å². The van der Waals surface area contributed by atoms with Crippen molar-refractivity contribution in [1.82, 2.24) is 5.32 Å². The molecule has 1 unspecified atom stereocenters. The highest BCUT2D eigenvalue weighted by atomic mass is 32.2. The third-order valence-corrected chi connectivity index (χ3v) is 3.90. The zero-order valence-electron chi connectivity index (χ0n) is 9.74. The molecular weight excluding hydrogens is 218 g/mol. The fraction of sp³-hybridized carbons (Fsp3) is 0.538. The average molecular weight is 237 g/mol. The third kappa shape index (κ3) is 3.51. The molecule has 0 amide bonds. The van der Waals surface area contributed by atoms with Crippen molar-refractivity contribution in [2.75, 3.05) is 25.5 Å². The number of nitrogens with one attached hydrogen (secondary N) is 1. The second-order valence-corrected chi connectivity index (χ2v) is 5.62. The Kier molecular flexibility index (Phi) is 4.27. The molecule has 88 valence electrons. The topological polar surface area (TPSA) is 21.3 Å². The number of benzene rings is 1. The van der Waals surface area contributed by atoms with E-state index in [1.807, 2.05) is 11.8 Å². The second kappa shape index (κ2) is 5.71. The van der Waals surface area contributed by atoms with Crippen LogP contribution in [0.3, 0.4) is 0 Å². The van der Waals surface area contributed by atoms with Gasteiger partial charge in [0.2, 0.25) is 0 Å². The van der Waals surface area contributed by atoms with E-state index in [9.17, 15) is 0 Å². The van der Waals surface area contributed by atoms with Gasteiger partial charge in [-0.2, -0.15) is 0 Å². The Hall–Kier alpha value is -0.510. The molecule has 1 aromatic rings. The lowest BCUT2D eigenvalue weighted by Gasteiger charge is -2.23. The molecule has 16 heavy (non-hydrogen) atoms. The number of hydrogen-bond donors (Lipinski definition) is 1. The highest BCUT2D eigenvalue weighted by molar-refractivity contribution is 7.99. The first-order valence-corrected chi connectivity index (χ1v) is 6.78. The van der Waals surface area contributed by atoms with E-state index in [-0.39, 0.29) is 5.54 Å². The van der Waals surface area contributed by atoms with Gasteiger partial charge in [-0.3, -0.25) is 0 Å². The van der Waals surface area contributed by atoms with E-state index in [2.05, 4.69) is 42.6 Å². The molecule has 0 bridgehead atoms. The van der Waals surface area contributed by atoms with E-state index in [0.717, 1.165) is 31.9 Å². The van der Waals surface area contributed by atoms with Gasteiger partial charge in [0.05, 0.1) is 6.61 Å². The van der Waals surface area contributed by atoms with Crippen molar-refractivity contribution < 1.29 is 4.74 Å². The van der Waals surface area contributed by atoms with Gasteiger partial charge in [-0.15, -0.1) is 11.8 Å². The maximum absolute atomic E-state index is 5.41. The minimum atomic E-state index is 0.206. The Morgan fingerprint density at radius 2 is 2.19 bits per heavy atom. The van der Waals surface area contributed by atoms with Crippen LogP contribution in [0, 0.1) is 0 Å². The maximum atomic E-state index is 5.41. The number of hydrogen-bond acceptors (Lipinski definition) is 3. The van der Waals surface area contributed by atoms with Gasteiger partial charge < -0.3 is 10.1 Å². The summed E-state index contributed by atoms with van der Waals surface area (Å²) in [7, 11) is 0. The van der Waals surface area contributed by atoms with Crippen molar-refractivity contribution in [1.29, 1.82) is 0 Å². The van der Waals surface area contributed by atoms with Crippen LogP contribution in [0.2, 0.25) is 0 Å². The molecule has 2 rings (SSSR count). The summed E-state index contributed by atoms with van der Waals surface area (Å²) < 4.78 is 5.41. The maximum Gasteiger partial charge on any atom is 0.0646 e. The van der Waals surface area contributed by atoms with E-state index in [4.69, 9.17) is 4.74 Å². The summed E-state index contributed by atoms with van der Waals surface area (Å²) in [5, 5.41) is 3.58. The molecule has 1 N–H and O–H groups in total. The van der Waals surface area contributed by atoms with Gasteiger partial charge in [0.15, 0.2) is 0 Å². The van der Waals surface area contributed by atoms with Crippen LogP contribution in [0.25, 0.3) is 0 Å². The van der Waals surface area contributed by atoms with Gasteiger partial charge in [0, 0.05) is 29.3 Å². The second-order valence-electron chi connectivity index (χ2n) is 4.45. The Morgan fingerprint density at radius 3 is 2.88 bits per heavy atom. The number of rotatable bonds is 5. The largest absolute Gasteiger partial charge is 0.379 e. The SMILES string of the molecule is CC1(NCCSc2ccccc2)CCOC1. The molecule has 0 spiro atoms. The molecule has 1 aromatic carbocycles. The molecule has 0 aliphatic carbocycles. The van der Waals surface area contributed by atoms with Crippen LogP contribution >= 0.6 is 11.8 Å². The molecule has 2 nitrogen and oxygen atoms in total. The van der Waals surface area contributed by atoms with Crippen molar-refractivity contribution in [2.24, 2.45) is 0 Å². The number of thioether (sulfide) groups is 1. The smallest absolute Gasteiger partial charge is 0.0646 e. The van der Waals surface area contributed by atoms with Gasteiger partial charge in [0.1, 0.15) is 0 Å². The van der Waals surface area contributed by atoms with E-state index >= 15 is 0 Å². The Morgan fingerprint density at radius 1 is 1.38 bits per heavy atom. The summed E-state index contributed by atoms with van der Waals surface area (Å²) in [6, 6.07) is 10.5. The average Bonchev–Trinajstić information content (AvgIpc) is 2.74. The molecule has 1 aliphatic rings. The first kappa shape index (κ1) is 12.0. The monoisotopic (exact) mass is 237 g/mol. The minimum Gasteiger partial charge on any atom is -0.379 e. The first-order valence-electron chi connectivity index (χ1n) is 5.79. The zero-order chi connectivity index (χ0) is 11.3. The predicted octanol–water partition coefficient (Wildman–Crippen LogP) is 2.55. The van der Waals surface area contributed by atoms with Crippen LogP contribution in [0.5, 0.6) is 0 Å². The Labute approximate surface area is 102 Å². The summed E-state index contributed by atoms with van der Waals surface area (Å²) in [6.45, 7) is 5.03. The lowest BCUT2D eigenvalue weighted by Crippen LogP contribution is -2.43. The van der Waals surface area contributed by atoms with Gasteiger partial charge in [0.25, 0.3) is 0 Å². The summed E-state index contributed by atoms with van der Waals surface area (Å²) in [5.41, 5.74) is 0.206. The summed E-state index contributed by atoms with van der Waals surface area (Å²) in [6.07, 6.45) is 1.13.